The Bertz CT molecular complexity index is 656. The first kappa shape index (κ1) is 15.5. The van der Waals surface area contributed by atoms with E-state index in [1.54, 1.807) is 35.2 Å². The van der Waals surface area contributed by atoms with Crippen molar-refractivity contribution in [3.05, 3.63) is 30.3 Å². The van der Waals surface area contributed by atoms with E-state index >= 15 is 0 Å². The highest BCUT2D eigenvalue weighted by atomic mass is 32.2. The Morgan fingerprint density at radius 2 is 1.73 bits per heavy atom. The number of carbonyl (C=O) groups excluding carboxylic acids is 1. The summed E-state index contributed by atoms with van der Waals surface area (Å²) in [5.41, 5.74) is 5.27. The van der Waals surface area contributed by atoms with Gasteiger partial charge in [-0.3, -0.25) is 4.79 Å². The summed E-state index contributed by atoms with van der Waals surface area (Å²) in [7, 11) is -3.49. The zero-order valence-electron chi connectivity index (χ0n) is 12.4. The number of amides is 1. The number of carbonyl (C=O) groups is 1. The second-order valence-corrected chi connectivity index (χ2v) is 7.96. The molecule has 0 radical (unpaired) electrons. The molecule has 0 aromatic heterocycles. The smallest absolute Gasteiger partial charge is 0.243 e. The molecule has 1 heterocycles. The molecule has 0 atom stereocenters. The molecule has 0 bridgehead atoms. The lowest BCUT2D eigenvalue weighted by atomic mass is 10.2. The van der Waals surface area contributed by atoms with Crippen molar-refractivity contribution in [2.75, 3.05) is 26.2 Å². The summed E-state index contributed by atoms with van der Waals surface area (Å²) in [6.45, 7) is 1.72. The molecule has 22 heavy (non-hydrogen) atoms. The minimum Gasteiger partial charge on any atom is -0.340 e. The van der Waals surface area contributed by atoms with Crippen molar-refractivity contribution in [2.45, 2.75) is 29.7 Å². The van der Waals surface area contributed by atoms with E-state index in [2.05, 4.69) is 0 Å². The van der Waals surface area contributed by atoms with Crippen molar-refractivity contribution in [3.8, 4) is 0 Å². The second-order valence-electron chi connectivity index (χ2n) is 6.02. The lowest BCUT2D eigenvalue weighted by Gasteiger charge is -2.24. The molecule has 1 aliphatic carbocycles. The molecule has 6 nitrogen and oxygen atoms in total. The fraction of sp³-hybridized carbons (Fsp3) is 0.533. The lowest BCUT2D eigenvalue weighted by molar-refractivity contribution is -0.133. The molecule has 2 fully saturated rings. The second kappa shape index (κ2) is 5.64. The van der Waals surface area contributed by atoms with Crippen LogP contribution < -0.4 is 5.73 Å². The number of nitrogens with two attached hydrogens (primary N) is 1. The van der Waals surface area contributed by atoms with Crippen molar-refractivity contribution in [1.82, 2.24) is 9.21 Å². The van der Waals surface area contributed by atoms with Gasteiger partial charge >= 0.3 is 0 Å². The van der Waals surface area contributed by atoms with Crippen LogP contribution in [0.25, 0.3) is 0 Å². The molecule has 7 heteroatoms. The normalized spacial score (nSPS) is 22.1. The monoisotopic (exact) mass is 323 g/mol. The van der Waals surface area contributed by atoms with E-state index in [0.717, 1.165) is 12.8 Å². The number of benzene rings is 1. The fourth-order valence-corrected chi connectivity index (χ4v) is 4.23. The fourth-order valence-electron chi connectivity index (χ4n) is 2.74. The molecule has 1 aliphatic heterocycles. The Hall–Kier alpha value is -1.44. The van der Waals surface area contributed by atoms with Crippen LogP contribution >= 0.6 is 0 Å². The van der Waals surface area contributed by atoms with Gasteiger partial charge in [0, 0.05) is 26.2 Å². The van der Waals surface area contributed by atoms with E-state index in [-0.39, 0.29) is 5.91 Å². The Morgan fingerprint density at radius 3 is 2.36 bits per heavy atom. The van der Waals surface area contributed by atoms with Gasteiger partial charge in [0.15, 0.2) is 0 Å². The molecule has 2 aliphatic rings. The third kappa shape index (κ3) is 2.88. The maximum atomic E-state index is 12.6. The van der Waals surface area contributed by atoms with Gasteiger partial charge in [0.2, 0.25) is 15.9 Å². The van der Waals surface area contributed by atoms with Crippen LogP contribution in [0.3, 0.4) is 0 Å². The number of hydrogen-bond acceptors (Lipinski definition) is 4. The van der Waals surface area contributed by atoms with Crippen LogP contribution in [-0.4, -0.2) is 55.2 Å². The van der Waals surface area contributed by atoms with Gasteiger partial charge in [0.25, 0.3) is 0 Å². The van der Waals surface area contributed by atoms with E-state index in [4.69, 9.17) is 5.73 Å². The Kier molecular flexibility index (Phi) is 3.96. The standard InChI is InChI=1S/C15H21N3O3S/c16-15(7-8-15)14(19)17-9-4-10-18(12-11-17)22(20,21)13-5-2-1-3-6-13/h1-3,5-6H,4,7-12,16H2. The van der Waals surface area contributed by atoms with Crippen LogP contribution in [-0.2, 0) is 14.8 Å². The topological polar surface area (TPSA) is 83.7 Å². The quantitative estimate of drug-likeness (QED) is 0.873. The minimum atomic E-state index is -3.49. The number of nitrogens with zero attached hydrogens (tertiary/aromatic N) is 2. The van der Waals surface area contributed by atoms with Gasteiger partial charge in [-0.05, 0) is 31.4 Å². The molecule has 3 rings (SSSR count). The highest BCUT2D eigenvalue weighted by Crippen LogP contribution is 2.34. The van der Waals surface area contributed by atoms with Crippen LogP contribution in [0.5, 0.6) is 0 Å². The third-order valence-electron chi connectivity index (χ3n) is 4.34. The minimum absolute atomic E-state index is 0.0357. The van der Waals surface area contributed by atoms with Crippen molar-refractivity contribution in [3.63, 3.8) is 0 Å². The number of rotatable bonds is 3. The van der Waals surface area contributed by atoms with Gasteiger partial charge in [0.1, 0.15) is 0 Å². The zero-order chi connectivity index (χ0) is 15.8. The molecule has 2 N–H and O–H groups in total. The van der Waals surface area contributed by atoms with Crippen LogP contribution in [0.4, 0.5) is 0 Å². The van der Waals surface area contributed by atoms with E-state index in [9.17, 15) is 13.2 Å². The third-order valence-corrected chi connectivity index (χ3v) is 6.25. The highest BCUT2D eigenvalue weighted by molar-refractivity contribution is 7.89. The van der Waals surface area contributed by atoms with E-state index in [1.807, 2.05) is 0 Å². The predicted octanol–water partition coefficient (Wildman–Crippen LogP) is 0.401. The molecule has 120 valence electrons. The SMILES string of the molecule is NC1(C(=O)N2CCCN(S(=O)(=O)c3ccccc3)CC2)CC1. The highest BCUT2D eigenvalue weighted by Gasteiger charge is 2.48. The Labute approximate surface area is 130 Å². The average Bonchev–Trinajstić information content (AvgIpc) is 3.30. The van der Waals surface area contributed by atoms with Crippen LogP contribution in [0, 0.1) is 0 Å². The molecular formula is C15H21N3O3S. The summed E-state index contributed by atoms with van der Waals surface area (Å²) in [5.74, 6) is -0.0357. The number of hydrogen-bond donors (Lipinski definition) is 1. The van der Waals surface area contributed by atoms with Crippen molar-refractivity contribution in [2.24, 2.45) is 5.73 Å². The first-order chi connectivity index (χ1) is 10.4. The van der Waals surface area contributed by atoms with Crippen LogP contribution in [0.2, 0.25) is 0 Å². The molecule has 1 saturated heterocycles. The summed E-state index contributed by atoms with van der Waals surface area (Å²) < 4.78 is 26.7. The molecular weight excluding hydrogens is 302 g/mol. The zero-order valence-corrected chi connectivity index (χ0v) is 13.3. The van der Waals surface area contributed by atoms with Gasteiger partial charge in [-0.1, -0.05) is 18.2 Å². The van der Waals surface area contributed by atoms with Gasteiger partial charge < -0.3 is 10.6 Å². The molecule has 1 amide bonds. The molecule has 1 saturated carbocycles. The summed E-state index contributed by atoms with van der Waals surface area (Å²) in [4.78, 5) is 14.3. The van der Waals surface area contributed by atoms with Crippen molar-refractivity contribution < 1.29 is 13.2 Å². The van der Waals surface area contributed by atoms with E-state index in [1.165, 1.54) is 4.31 Å². The predicted molar refractivity (Wildman–Crippen MR) is 82.6 cm³/mol. The molecule has 1 aromatic rings. The van der Waals surface area contributed by atoms with E-state index in [0.29, 0.717) is 37.5 Å². The van der Waals surface area contributed by atoms with Gasteiger partial charge in [-0.2, -0.15) is 4.31 Å². The maximum absolute atomic E-state index is 12.6. The largest absolute Gasteiger partial charge is 0.340 e. The van der Waals surface area contributed by atoms with Crippen molar-refractivity contribution in [1.29, 1.82) is 0 Å². The first-order valence-corrected chi connectivity index (χ1v) is 9.01. The Balaban J connectivity index is 1.71. The summed E-state index contributed by atoms with van der Waals surface area (Å²) in [5, 5.41) is 0. The molecule has 0 unspecified atom stereocenters. The lowest BCUT2D eigenvalue weighted by Crippen LogP contribution is -2.47. The molecule has 1 aromatic carbocycles. The average molecular weight is 323 g/mol. The summed E-state index contributed by atoms with van der Waals surface area (Å²) in [6, 6.07) is 8.42. The maximum Gasteiger partial charge on any atom is 0.243 e. The van der Waals surface area contributed by atoms with Crippen LogP contribution in [0.15, 0.2) is 35.2 Å². The van der Waals surface area contributed by atoms with Gasteiger partial charge in [-0.25, -0.2) is 8.42 Å². The Morgan fingerprint density at radius 1 is 1.05 bits per heavy atom. The summed E-state index contributed by atoms with van der Waals surface area (Å²) >= 11 is 0. The summed E-state index contributed by atoms with van der Waals surface area (Å²) in [6.07, 6.45) is 2.09. The van der Waals surface area contributed by atoms with E-state index < -0.39 is 15.6 Å². The van der Waals surface area contributed by atoms with Gasteiger partial charge in [0.05, 0.1) is 10.4 Å². The van der Waals surface area contributed by atoms with Crippen molar-refractivity contribution >= 4 is 15.9 Å². The van der Waals surface area contributed by atoms with Gasteiger partial charge in [-0.15, -0.1) is 0 Å². The number of sulfonamides is 1. The molecule has 0 spiro atoms. The van der Waals surface area contributed by atoms with Crippen LogP contribution in [0.1, 0.15) is 19.3 Å². The first-order valence-electron chi connectivity index (χ1n) is 7.57.